The van der Waals surface area contributed by atoms with Crippen LogP contribution in [-0.4, -0.2) is 11.6 Å². The Morgan fingerprint density at radius 2 is 2.10 bits per heavy atom. The molecule has 1 heterocycles. The van der Waals surface area contributed by atoms with Gasteiger partial charge in [-0.15, -0.1) is 11.6 Å². The van der Waals surface area contributed by atoms with Crippen molar-refractivity contribution in [3.8, 4) is 5.75 Å². The lowest BCUT2D eigenvalue weighted by molar-refractivity contribution is 0.317. The van der Waals surface area contributed by atoms with Gasteiger partial charge in [0.2, 0.25) is 0 Å². The van der Waals surface area contributed by atoms with E-state index in [0.29, 0.717) is 0 Å². The van der Waals surface area contributed by atoms with Crippen LogP contribution in [0.4, 0.5) is 0 Å². The molecule has 1 unspecified atom stereocenters. The highest BCUT2D eigenvalue weighted by Crippen LogP contribution is 2.27. The number of benzene rings is 1. The average Bonchev–Trinajstić information content (AvgIpc) is 2.48. The molecule has 2 nitrogen and oxygen atoms in total. The van der Waals surface area contributed by atoms with Crippen LogP contribution in [0.1, 0.15) is 35.5 Å². The smallest absolute Gasteiger partial charge is 0.119 e. The molecule has 3 heteroatoms. The van der Waals surface area contributed by atoms with Gasteiger partial charge in [-0.3, -0.25) is 4.98 Å². The fourth-order valence-corrected chi connectivity index (χ4v) is 2.23. The number of hydrogen-bond donors (Lipinski definition) is 0. The van der Waals surface area contributed by atoms with Gasteiger partial charge in [-0.1, -0.05) is 25.1 Å². The third-order valence-corrected chi connectivity index (χ3v) is 3.46. The first-order valence-electron chi connectivity index (χ1n) is 6.97. The Morgan fingerprint density at radius 1 is 1.25 bits per heavy atom. The molecule has 0 aliphatic rings. The summed E-state index contributed by atoms with van der Waals surface area (Å²) in [5, 5.41) is -0.0876. The van der Waals surface area contributed by atoms with Crippen molar-refractivity contribution in [2.24, 2.45) is 0 Å². The third-order valence-electron chi connectivity index (χ3n) is 3.05. The number of alkyl halides is 1. The molecule has 106 valence electrons. The van der Waals surface area contributed by atoms with Gasteiger partial charge in [-0.2, -0.15) is 0 Å². The van der Waals surface area contributed by atoms with E-state index < -0.39 is 0 Å². The molecule has 0 bridgehead atoms. The second-order valence-electron chi connectivity index (χ2n) is 4.92. The molecule has 0 radical (unpaired) electrons. The zero-order valence-electron chi connectivity index (χ0n) is 12.0. The lowest BCUT2D eigenvalue weighted by Gasteiger charge is -2.12. The van der Waals surface area contributed by atoms with Gasteiger partial charge in [-0.25, -0.2) is 0 Å². The Balaban J connectivity index is 2.04. The second-order valence-corrected chi connectivity index (χ2v) is 5.45. The summed E-state index contributed by atoms with van der Waals surface area (Å²) >= 11 is 6.49. The average molecular weight is 290 g/mol. The monoisotopic (exact) mass is 289 g/mol. The standard InChI is InChI=1S/C17H20ClNO/c1-3-9-20-16-6-4-5-14(10-16)17(18)11-15-8-7-13(2)12-19-15/h4-8,10,12,17H,3,9,11H2,1-2H3. The van der Waals surface area contributed by atoms with E-state index in [-0.39, 0.29) is 5.38 Å². The topological polar surface area (TPSA) is 22.1 Å². The summed E-state index contributed by atoms with van der Waals surface area (Å²) in [6, 6.07) is 12.1. The predicted molar refractivity (Wildman–Crippen MR) is 83.5 cm³/mol. The highest BCUT2D eigenvalue weighted by atomic mass is 35.5. The van der Waals surface area contributed by atoms with Gasteiger partial charge < -0.3 is 4.74 Å². The van der Waals surface area contributed by atoms with Crippen LogP contribution in [0, 0.1) is 6.92 Å². The molecule has 20 heavy (non-hydrogen) atoms. The van der Waals surface area contributed by atoms with Crippen LogP contribution in [0.3, 0.4) is 0 Å². The number of halogens is 1. The third kappa shape index (κ3) is 4.24. The number of rotatable bonds is 6. The number of nitrogens with zero attached hydrogens (tertiary/aromatic N) is 1. The van der Waals surface area contributed by atoms with E-state index in [1.807, 2.05) is 43.5 Å². The van der Waals surface area contributed by atoms with Crippen LogP contribution in [0.15, 0.2) is 42.6 Å². The summed E-state index contributed by atoms with van der Waals surface area (Å²) in [6.45, 7) is 4.86. The van der Waals surface area contributed by atoms with Crippen molar-refractivity contribution in [2.45, 2.75) is 32.1 Å². The first-order chi connectivity index (χ1) is 9.69. The van der Waals surface area contributed by atoms with Crippen molar-refractivity contribution in [3.05, 3.63) is 59.4 Å². The molecule has 1 aromatic heterocycles. The van der Waals surface area contributed by atoms with Crippen LogP contribution in [0.2, 0.25) is 0 Å². The molecular weight excluding hydrogens is 270 g/mol. The lowest BCUT2D eigenvalue weighted by atomic mass is 10.1. The Labute approximate surface area is 125 Å². The molecule has 2 aromatic rings. The Morgan fingerprint density at radius 3 is 2.80 bits per heavy atom. The van der Waals surface area contributed by atoms with Crippen LogP contribution < -0.4 is 4.74 Å². The maximum absolute atomic E-state index is 6.49. The van der Waals surface area contributed by atoms with E-state index in [1.165, 1.54) is 0 Å². The van der Waals surface area contributed by atoms with Gasteiger partial charge in [-0.05, 0) is 42.7 Å². The van der Waals surface area contributed by atoms with Gasteiger partial charge in [0.15, 0.2) is 0 Å². The van der Waals surface area contributed by atoms with Crippen molar-refractivity contribution in [1.82, 2.24) is 4.98 Å². The quantitative estimate of drug-likeness (QED) is 0.719. The summed E-state index contributed by atoms with van der Waals surface area (Å²) in [7, 11) is 0. The second kappa shape index (κ2) is 7.30. The largest absolute Gasteiger partial charge is 0.494 e. The normalized spacial score (nSPS) is 12.2. The van der Waals surface area contributed by atoms with Gasteiger partial charge in [0, 0.05) is 18.3 Å². The number of aryl methyl sites for hydroxylation is 1. The van der Waals surface area contributed by atoms with Gasteiger partial charge in [0.1, 0.15) is 5.75 Å². The van der Waals surface area contributed by atoms with Crippen molar-refractivity contribution in [2.75, 3.05) is 6.61 Å². The molecule has 0 amide bonds. The summed E-state index contributed by atoms with van der Waals surface area (Å²) < 4.78 is 5.64. The Kier molecular flexibility index (Phi) is 5.42. The van der Waals surface area contributed by atoms with Crippen LogP contribution in [0.5, 0.6) is 5.75 Å². The molecule has 0 saturated carbocycles. The zero-order chi connectivity index (χ0) is 14.4. The van der Waals surface area contributed by atoms with E-state index in [2.05, 4.69) is 18.0 Å². The van der Waals surface area contributed by atoms with E-state index in [9.17, 15) is 0 Å². The molecular formula is C17H20ClNO. The highest BCUT2D eigenvalue weighted by molar-refractivity contribution is 6.20. The van der Waals surface area contributed by atoms with E-state index in [1.54, 1.807) is 0 Å². The van der Waals surface area contributed by atoms with E-state index in [0.717, 1.165) is 42.0 Å². The zero-order valence-corrected chi connectivity index (χ0v) is 12.7. The van der Waals surface area contributed by atoms with Crippen molar-refractivity contribution < 1.29 is 4.74 Å². The van der Waals surface area contributed by atoms with Crippen LogP contribution in [-0.2, 0) is 6.42 Å². The summed E-state index contributed by atoms with van der Waals surface area (Å²) in [5.74, 6) is 0.881. The summed E-state index contributed by atoms with van der Waals surface area (Å²) in [5.41, 5.74) is 3.24. The molecule has 0 spiro atoms. The molecule has 1 aromatic carbocycles. The maximum atomic E-state index is 6.49. The first kappa shape index (κ1) is 14.9. The van der Waals surface area contributed by atoms with Crippen molar-refractivity contribution in [1.29, 1.82) is 0 Å². The minimum Gasteiger partial charge on any atom is -0.494 e. The fraction of sp³-hybridized carbons (Fsp3) is 0.353. The predicted octanol–water partition coefficient (Wildman–Crippen LogP) is 4.70. The number of aromatic nitrogens is 1. The van der Waals surface area contributed by atoms with E-state index in [4.69, 9.17) is 16.3 Å². The molecule has 0 saturated heterocycles. The molecule has 2 rings (SSSR count). The van der Waals surface area contributed by atoms with Crippen molar-refractivity contribution >= 4 is 11.6 Å². The number of ether oxygens (including phenoxy) is 1. The number of hydrogen-bond acceptors (Lipinski definition) is 2. The SMILES string of the molecule is CCCOc1cccc(C(Cl)Cc2ccc(C)cn2)c1. The molecule has 0 fully saturated rings. The molecule has 1 atom stereocenters. The molecule has 0 aliphatic carbocycles. The van der Waals surface area contributed by atoms with Gasteiger partial charge in [0.05, 0.1) is 12.0 Å². The first-order valence-corrected chi connectivity index (χ1v) is 7.41. The lowest BCUT2D eigenvalue weighted by Crippen LogP contribution is -2.00. The molecule has 0 aliphatic heterocycles. The van der Waals surface area contributed by atoms with Crippen LogP contribution in [0.25, 0.3) is 0 Å². The number of pyridine rings is 1. The summed E-state index contributed by atoms with van der Waals surface area (Å²) in [6.07, 6.45) is 3.60. The minimum absolute atomic E-state index is 0.0876. The van der Waals surface area contributed by atoms with Crippen molar-refractivity contribution in [3.63, 3.8) is 0 Å². The van der Waals surface area contributed by atoms with Gasteiger partial charge >= 0.3 is 0 Å². The van der Waals surface area contributed by atoms with E-state index >= 15 is 0 Å². The minimum atomic E-state index is -0.0876. The summed E-state index contributed by atoms with van der Waals surface area (Å²) in [4.78, 5) is 4.40. The maximum Gasteiger partial charge on any atom is 0.119 e. The van der Waals surface area contributed by atoms with Crippen LogP contribution >= 0.6 is 11.6 Å². The fourth-order valence-electron chi connectivity index (χ4n) is 1.94. The highest BCUT2D eigenvalue weighted by Gasteiger charge is 2.10. The van der Waals surface area contributed by atoms with Gasteiger partial charge in [0.25, 0.3) is 0 Å². The Hall–Kier alpha value is -1.54. The molecule has 0 N–H and O–H groups in total. The Bertz CT molecular complexity index is 539.